The topological polar surface area (TPSA) is 131 Å². The minimum Gasteiger partial charge on any atom is -0.439 e. The van der Waals surface area contributed by atoms with Crippen molar-refractivity contribution in [3.05, 3.63) is 79.2 Å². The number of fused-ring (bicyclic) bond motifs is 2. The summed E-state index contributed by atoms with van der Waals surface area (Å²) in [4.78, 5) is 25.5. The third-order valence-electron chi connectivity index (χ3n) is 6.30. The second-order valence-corrected chi connectivity index (χ2v) is 9.04. The Kier molecular flexibility index (Phi) is 6.32. The fourth-order valence-electron chi connectivity index (χ4n) is 4.35. The number of amides is 1. The van der Waals surface area contributed by atoms with Crippen LogP contribution in [0.4, 0.5) is 17.2 Å². The molecule has 4 heterocycles. The van der Waals surface area contributed by atoms with E-state index in [-0.39, 0.29) is 11.9 Å². The zero-order chi connectivity index (χ0) is 25.9. The molecule has 3 N–H and O–H groups in total. The highest BCUT2D eigenvalue weighted by Crippen LogP contribution is 2.30. The van der Waals surface area contributed by atoms with E-state index in [2.05, 4.69) is 41.1 Å². The lowest BCUT2D eigenvalue weighted by molar-refractivity contribution is -0.111. The summed E-state index contributed by atoms with van der Waals surface area (Å²) in [5.41, 5.74) is 3.82. The molecular weight excluding hydrogens is 482 g/mol. The molecule has 1 unspecified atom stereocenters. The number of nitrogens with one attached hydrogen (secondary N) is 3. The van der Waals surface area contributed by atoms with Crippen molar-refractivity contribution in [1.82, 2.24) is 34.9 Å². The second-order valence-electron chi connectivity index (χ2n) is 9.04. The van der Waals surface area contributed by atoms with E-state index in [0.717, 1.165) is 41.5 Å². The predicted octanol–water partition coefficient (Wildman–Crippen LogP) is 4.16. The summed E-state index contributed by atoms with van der Waals surface area (Å²) in [5, 5.41) is 18.3. The minimum atomic E-state index is -0.173. The zero-order valence-corrected chi connectivity index (χ0v) is 20.6. The minimum absolute atomic E-state index is 0.173. The molecule has 190 valence electrons. The molecule has 1 amide bonds. The molecule has 11 heteroatoms. The Bertz CT molecular complexity index is 1660. The van der Waals surface area contributed by atoms with Gasteiger partial charge in [-0.25, -0.2) is 15.0 Å². The van der Waals surface area contributed by atoms with Crippen LogP contribution in [0.15, 0.2) is 73.6 Å². The third kappa shape index (κ3) is 5.13. The molecule has 2 aromatic carbocycles. The molecule has 5 aromatic rings. The van der Waals surface area contributed by atoms with Crippen molar-refractivity contribution in [3.8, 4) is 11.6 Å². The van der Waals surface area contributed by atoms with Gasteiger partial charge in [-0.2, -0.15) is 0 Å². The highest BCUT2D eigenvalue weighted by atomic mass is 16.5. The van der Waals surface area contributed by atoms with Gasteiger partial charge in [-0.15, -0.1) is 10.2 Å². The molecule has 0 saturated carbocycles. The van der Waals surface area contributed by atoms with Gasteiger partial charge >= 0.3 is 0 Å². The number of hydrogen-bond donors (Lipinski definition) is 3. The molecule has 1 aliphatic rings. The van der Waals surface area contributed by atoms with E-state index in [1.54, 1.807) is 29.2 Å². The number of rotatable bonds is 7. The number of benzene rings is 2. The third-order valence-corrected chi connectivity index (χ3v) is 6.30. The number of ether oxygens (including phenoxy) is 1. The van der Waals surface area contributed by atoms with E-state index >= 15 is 0 Å². The van der Waals surface area contributed by atoms with Crippen LogP contribution in [-0.2, 0) is 4.79 Å². The van der Waals surface area contributed by atoms with Crippen LogP contribution in [0, 0.1) is 6.92 Å². The van der Waals surface area contributed by atoms with Crippen LogP contribution in [0.3, 0.4) is 0 Å². The monoisotopic (exact) mass is 507 g/mol. The molecule has 0 spiro atoms. The highest BCUT2D eigenvalue weighted by Gasteiger charge is 2.12. The average molecular weight is 508 g/mol. The Hall–Kier alpha value is -4.90. The second kappa shape index (κ2) is 10.2. The maximum atomic E-state index is 12.4. The quantitative estimate of drug-likeness (QED) is 0.278. The fraction of sp³-hybridized carbons (Fsp3) is 0.185. The molecule has 1 atom stereocenters. The summed E-state index contributed by atoms with van der Waals surface area (Å²) in [7, 11) is 0. The summed E-state index contributed by atoms with van der Waals surface area (Å²) in [6.45, 7) is 2.94. The van der Waals surface area contributed by atoms with Gasteiger partial charge in [0.2, 0.25) is 11.8 Å². The van der Waals surface area contributed by atoms with Gasteiger partial charge in [0.25, 0.3) is 0 Å². The molecule has 11 nitrogen and oxygen atoms in total. The van der Waals surface area contributed by atoms with Gasteiger partial charge in [-0.05, 0) is 68.3 Å². The number of hydrogen-bond acceptors (Lipinski definition) is 9. The summed E-state index contributed by atoms with van der Waals surface area (Å²) in [6, 6.07) is 13.3. The van der Waals surface area contributed by atoms with Crippen LogP contribution >= 0.6 is 0 Å². The van der Waals surface area contributed by atoms with Crippen molar-refractivity contribution in [3.63, 3.8) is 0 Å². The zero-order valence-electron chi connectivity index (χ0n) is 20.6. The summed E-state index contributed by atoms with van der Waals surface area (Å²) >= 11 is 0. The number of aromatic nitrogens is 6. The van der Waals surface area contributed by atoms with Crippen molar-refractivity contribution in [2.75, 3.05) is 17.2 Å². The van der Waals surface area contributed by atoms with Gasteiger partial charge in [-0.1, -0.05) is 6.08 Å². The van der Waals surface area contributed by atoms with Crippen LogP contribution in [0.2, 0.25) is 0 Å². The molecule has 0 radical (unpaired) electrons. The van der Waals surface area contributed by atoms with E-state index in [1.165, 1.54) is 6.33 Å². The standard InChI is InChI=1S/C27H25N9O2/c1-17-11-19(5-8-23(17)38-26-13-24-35-32-16-36(24)15-31-26)34-27-21-12-20(4-7-22(21)29-14-30-27)33-25(37)9-6-18-3-2-10-28-18/h4-9,11-16,18,28H,2-3,10H2,1H3,(H,33,37)(H,29,30,34)/b9-6+. The molecule has 1 saturated heterocycles. The number of nitrogens with zero attached hydrogens (tertiary/aromatic N) is 6. The van der Waals surface area contributed by atoms with Gasteiger partial charge in [0.15, 0.2) is 5.65 Å². The molecule has 3 aromatic heterocycles. The van der Waals surface area contributed by atoms with E-state index in [1.807, 2.05) is 49.4 Å². The van der Waals surface area contributed by atoms with Crippen LogP contribution in [0.5, 0.6) is 11.6 Å². The van der Waals surface area contributed by atoms with E-state index < -0.39 is 0 Å². The Morgan fingerprint density at radius 1 is 1.11 bits per heavy atom. The number of carbonyl (C=O) groups excluding carboxylic acids is 1. The molecule has 1 aliphatic heterocycles. The van der Waals surface area contributed by atoms with Crippen molar-refractivity contribution in [2.24, 2.45) is 0 Å². The van der Waals surface area contributed by atoms with E-state index in [0.29, 0.717) is 28.8 Å². The Labute approximate surface area is 218 Å². The Morgan fingerprint density at radius 3 is 2.89 bits per heavy atom. The maximum absolute atomic E-state index is 12.4. The Morgan fingerprint density at radius 2 is 2.03 bits per heavy atom. The predicted molar refractivity (Wildman–Crippen MR) is 144 cm³/mol. The highest BCUT2D eigenvalue weighted by molar-refractivity contribution is 6.02. The van der Waals surface area contributed by atoms with Crippen molar-refractivity contribution >= 4 is 39.6 Å². The lowest BCUT2D eigenvalue weighted by Crippen LogP contribution is -2.19. The summed E-state index contributed by atoms with van der Waals surface area (Å²) in [6.07, 6.45) is 10.4. The molecule has 0 bridgehead atoms. The number of anilines is 3. The molecule has 6 rings (SSSR count). The Balaban J connectivity index is 1.18. The molecule has 0 aliphatic carbocycles. The fourth-order valence-corrected chi connectivity index (χ4v) is 4.35. The summed E-state index contributed by atoms with van der Waals surface area (Å²) < 4.78 is 7.68. The first-order chi connectivity index (χ1) is 18.6. The van der Waals surface area contributed by atoms with Crippen LogP contribution < -0.4 is 20.7 Å². The summed E-state index contributed by atoms with van der Waals surface area (Å²) in [5.74, 6) is 1.56. The van der Waals surface area contributed by atoms with Crippen LogP contribution in [0.25, 0.3) is 16.6 Å². The number of aryl methyl sites for hydroxylation is 1. The van der Waals surface area contributed by atoms with Gasteiger partial charge in [-0.3, -0.25) is 9.20 Å². The van der Waals surface area contributed by atoms with Gasteiger partial charge in [0, 0.05) is 34.9 Å². The van der Waals surface area contributed by atoms with Gasteiger partial charge < -0.3 is 20.7 Å². The first-order valence-corrected chi connectivity index (χ1v) is 12.3. The number of carbonyl (C=O) groups is 1. The van der Waals surface area contributed by atoms with Crippen molar-refractivity contribution in [2.45, 2.75) is 25.8 Å². The van der Waals surface area contributed by atoms with Gasteiger partial charge in [0.1, 0.15) is 30.5 Å². The lowest BCUT2D eigenvalue weighted by atomic mass is 10.1. The SMILES string of the molecule is Cc1cc(Nc2ncnc3ccc(NC(=O)/C=C/C4CCCN4)cc23)ccc1Oc1cc2nncn2cn1. The first-order valence-electron chi connectivity index (χ1n) is 12.3. The van der Waals surface area contributed by atoms with E-state index in [4.69, 9.17) is 4.74 Å². The smallest absolute Gasteiger partial charge is 0.248 e. The maximum Gasteiger partial charge on any atom is 0.248 e. The lowest BCUT2D eigenvalue weighted by Gasteiger charge is -2.13. The van der Waals surface area contributed by atoms with Crippen molar-refractivity contribution < 1.29 is 9.53 Å². The molecule has 1 fully saturated rings. The van der Waals surface area contributed by atoms with Gasteiger partial charge in [0.05, 0.1) is 5.52 Å². The van der Waals surface area contributed by atoms with E-state index in [9.17, 15) is 4.79 Å². The largest absolute Gasteiger partial charge is 0.439 e. The average Bonchev–Trinajstić information content (AvgIpc) is 3.61. The molecule has 38 heavy (non-hydrogen) atoms. The van der Waals surface area contributed by atoms with Crippen molar-refractivity contribution in [1.29, 1.82) is 0 Å². The normalized spacial score (nSPS) is 15.3. The van der Waals surface area contributed by atoms with Crippen LogP contribution in [0.1, 0.15) is 18.4 Å². The molecular formula is C27H25N9O2. The first kappa shape index (κ1) is 23.5. The van der Waals surface area contributed by atoms with Crippen LogP contribution in [-0.4, -0.2) is 48.0 Å².